The zero-order chi connectivity index (χ0) is 15.7. The van der Waals surface area contributed by atoms with Gasteiger partial charge in [-0.05, 0) is 36.4 Å². The van der Waals surface area contributed by atoms with Crippen LogP contribution < -0.4 is 16.0 Å². The number of hydrogen-bond donors (Lipinski definition) is 1. The van der Waals surface area contributed by atoms with Gasteiger partial charge in [-0.25, -0.2) is 0 Å². The Morgan fingerprint density at radius 2 is 1.95 bits per heavy atom. The van der Waals surface area contributed by atoms with Crippen LogP contribution in [0.2, 0.25) is 0 Å². The van der Waals surface area contributed by atoms with Crippen LogP contribution in [0.15, 0.2) is 53.6 Å². The maximum Gasteiger partial charge on any atom is 0.264 e. The minimum absolute atomic E-state index is 0.200. The number of benzene rings is 1. The first-order valence-corrected chi connectivity index (χ1v) is 6.56. The first-order chi connectivity index (χ1) is 10.6. The van der Waals surface area contributed by atoms with Crippen molar-refractivity contribution in [1.29, 1.82) is 0 Å². The highest BCUT2D eigenvalue weighted by Gasteiger charge is 2.14. The first-order valence-electron chi connectivity index (χ1n) is 6.56. The van der Waals surface area contributed by atoms with Gasteiger partial charge in [-0.15, -0.1) is 0 Å². The third kappa shape index (κ3) is 2.20. The molecule has 110 valence electrons. The Bertz CT molecular complexity index is 914. The summed E-state index contributed by atoms with van der Waals surface area (Å²) in [6.45, 7) is 0. The van der Waals surface area contributed by atoms with Crippen LogP contribution in [0.4, 0.5) is 0 Å². The highest BCUT2D eigenvalue weighted by Crippen LogP contribution is 2.17. The molecule has 0 radical (unpaired) electrons. The van der Waals surface area contributed by atoms with Gasteiger partial charge in [0.25, 0.3) is 11.5 Å². The number of primary amides is 1. The zero-order valence-electron chi connectivity index (χ0n) is 11.8. The lowest BCUT2D eigenvalue weighted by Crippen LogP contribution is -2.23. The first kappa shape index (κ1) is 13.8. The number of hydrogen-bond acceptors (Lipinski definition) is 4. The summed E-state index contributed by atoms with van der Waals surface area (Å²) in [6.07, 6.45) is 2.94. The van der Waals surface area contributed by atoms with Gasteiger partial charge in [0.15, 0.2) is 0 Å². The highest BCUT2D eigenvalue weighted by atomic mass is 16.5. The molecule has 0 aliphatic carbocycles. The summed E-state index contributed by atoms with van der Waals surface area (Å²) >= 11 is 0. The molecule has 6 nitrogen and oxygen atoms in total. The molecule has 0 aliphatic heterocycles. The molecule has 3 rings (SSSR count). The Kier molecular flexibility index (Phi) is 3.34. The molecule has 1 amide bonds. The fourth-order valence-corrected chi connectivity index (χ4v) is 2.29. The topological polar surface area (TPSA) is 87.2 Å². The van der Waals surface area contributed by atoms with Gasteiger partial charge in [0.05, 0.1) is 23.6 Å². The van der Waals surface area contributed by atoms with Gasteiger partial charge in [-0.2, -0.15) is 0 Å². The average Bonchev–Trinajstić information content (AvgIpc) is 2.55. The SMILES string of the molecule is COc1ccc(-n2cc(C(N)=O)c3ncccc3c2=O)cc1. The number of carbonyl (C=O) groups is 1. The third-order valence-electron chi connectivity index (χ3n) is 3.39. The summed E-state index contributed by atoms with van der Waals surface area (Å²) in [6, 6.07) is 10.2. The second kappa shape index (κ2) is 5.33. The summed E-state index contributed by atoms with van der Waals surface area (Å²) in [7, 11) is 1.56. The third-order valence-corrected chi connectivity index (χ3v) is 3.39. The smallest absolute Gasteiger partial charge is 0.264 e. The largest absolute Gasteiger partial charge is 0.497 e. The van der Waals surface area contributed by atoms with E-state index in [0.717, 1.165) is 0 Å². The van der Waals surface area contributed by atoms with E-state index in [1.54, 1.807) is 43.5 Å². The van der Waals surface area contributed by atoms with Crippen LogP contribution in [0.1, 0.15) is 10.4 Å². The van der Waals surface area contributed by atoms with Gasteiger partial charge in [-0.3, -0.25) is 19.1 Å². The van der Waals surface area contributed by atoms with Gasteiger partial charge in [-0.1, -0.05) is 0 Å². The molecule has 0 fully saturated rings. The number of ether oxygens (including phenoxy) is 1. The summed E-state index contributed by atoms with van der Waals surface area (Å²) in [4.78, 5) is 28.3. The van der Waals surface area contributed by atoms with Gasteiger partial charge < -0.3 is 10.5 Å². The number of pyridine rings is 2. The van der Waals surface area contributed by atoms with Crippen LogP contribution in [0.3, 0.4) is 0 Å². The van der Waals surface area contributed by atoms with E-state index < -0.39 is 5.91 Å². The monoisotopic (exact) mass is 295 g/mol. The minimum Gasteiger partial charge on any atom is -0.497 e. The number of rotatable bonds is 3. The molecule has 0 aliphatic rings. The Morgan fingerprint density at radius 3 is 2.59 bits per heavy atom. The van der Waals surface area contributed by atoms with Crippen molar-refractivity contribution in [2.45, 2.75) is 0 Å². The Balaban J connectivity index is 2.31. The molecule has 1 aromatic carbocycles. The standard InChI is InChI=1S/C16H13N3O3/c1-22-11-6-4-10(5-7-11)19-9-13(15(17)20)14-12(16(19)21)3-2-8-18-14/h2-9H,1H3,(H2,17,20). The second-order valence-electron chi connectivity index (χ2n) is 4.68. The van der Waals surface area contributed by atoms with Gasteiger partial charge in [0, 0.05) is 18.1 Å². The quantitative estimate of drug-likeness (QED) is 0.793. The van der Waals surface area contributed by atoms with E-state index in [1.165, 1.54) is 17.0 Å². The molecule has 2 N–H and O–H groups in total. The number of carbonyl (C=O) groups excluding carboxylic acids is 1. The van der Waals surface area contributed by atoms with Crippen molar-refractivity contribution in [2.75, 3.05) is 7.11 Å². The van der Waals surface area contributed by atoms with Crippen molar-refractivity contribution < 1.29 is 9.53 Å². The van der Waals surface area contributed by atoms with Crippen LogP contribution in [0.5, 0.6) is 5.75 Å². The molecule has 0 saturated heterocycles. The normalized spacial score (nSPS) is 10.6. The van der Waals surface area contributed by atoms with Gasteiger partial charge in [0.1, 0.15) is 5.75 Å². The number of aromatic nitrogens is 2. The summed E-state index contributed by atoms with van der Waals surface area (Å²) in [5, 5.41) is 0.342. The van der Waals surface area contributed by atoms with E-state index in [9.17, 15) is 9.59 Å². The molecule has 22 heavy (non-hydrogen) atoms. The molecule has 2 aromatic heterocycles. The summed E-state index contributed by atoms with van der Waals surface area (Å²) < 4.78 is 6.47. The lowest BCUT2D eigenvalue weighted by atomic mass is 10.1. The van der Waals surface area contributed by atoms with E-state index in [1.807, 2.05) is 0 Å². The van der Waals surface area contributed by atoms with Gasteiger partial charge in [0.2, 0.25) is 0 Å². The van der Waals surface area contributed by atoms with E-state index in [0.29, 0.717) is 22.3 Å². The Hall–Kier alpha value is -3.15. The molecule has 0 saturated carbocycles. The number of methoxy groups -OCH3 is 1. The molecule has 0 spiro atoms. The van der Waals surface area contributed by atoms with Crippen LogP contribution in [-0.2, 0) is 0 Å². The van der Waals surface area contributed by atoms with E-state index in [2.05, 4.69) is 4.98 Å². The average molecular weight is 295 g/mol. The van der Waals surface area contributed by atoms with Crippen molar-refractivity contribution in [2.24, 2.45) is 5.73 Å². The van der Waals surface area contributed by atoms with E-state index in [4.69, 9.17) is 10.5 Å². The van der Waals surface area contributed by atoms with Gasteiger partial charge >= 0.3 is 0 Å². The van der Waals surface area contributed by atoms with Crippen molar-refractivity contribution in [3.8, 4) is 11.4 Å². The second-order valence-corrected chi connectivity index (χ2v) is 4.68. The van der Waals surface area contributed by atoms with E-state index >= 15 is 0 Å². The van der Waals surface area contributed by atoms with Crippen LogP contribution >= 0.6 is 0 Å². The maximum atomic E-state index is 12.6. The molecule has 0 bridgehead atoms. The van der Waals surface area contributed by atoms with E-state index in [-0.39, 0.29) is 11.1 Å². The van der Waals surface area contributed by atoms with Crippen molar-refractivity contribution in [1.82, 2.24) is 9.55 Å². The number of nitrogens with two attached hydrogens (primary N) is 1. The zero-order valence-corrected chi connectivity index (χ0v) is 11.8. The summed E-state index contributed by atoms with van der Waals surface area (Å²) in [5.74, 6) is 0.0420. The highest BCUT2D eigenvalue weighted by molar-refractivity contribution is 6.04. The fourth-order valence-electron chi connectivity index (χ4n) is 2.29. The molecule has 0 atom stereocenters. The van der Waals surface area contributed by atoms with Crippen LogP contribution in [0.25, 0.3) is 16.6 Å². The lowest BCUT2D eigenvalue weighted by Gasteiger charge is -2.10. The molecule has 0 unspecified atom stereocenters. The molecule has 6 heteroatoms. The Morgan fingerprint density at radius 1 is 1.23 bits per heavy atom. The number of fused-ring (bicyclic) bond motifs is 1. The predicted molar refractivity (Wildman–Crippen MR) is 82.4 cm³/mol. The van der Waals surface area contributed by atoms with Crippen LogP contribution in [-0.4, -0.2) is 22.6 Å². The van der Waals surface area contributed by atoms with Crippen molar-refractivity contribution in [3.63, 3.8) is 0 Å². The van der Waals surface area contributed by atoms with Crippen molar-refractivity contribution in [3.05, 3.63) is 64.7 Å². The van der Waals surface area contributed by atoms with Crippen molar-refractivity contribution >= 4 is 16.8 Å². The summed E-state index contributed by atoms with van der Waals surface area (Å²) in [5.41, 5.74) is 6.26. The Labute approximate surface area is 125 Å². The molecular formula is C16H13N3O3. The molecule has 3 aromatic rings. The number of amides is 1. The fraction of sp³-hybridized carbons (Fsp3) is 0.0625. The number of nitrogens with zero attached hydrogens (tertiary/aromatic N) is 2. The predicted octanol–water partition coefficient (Wildman–Crippen LogP) is 1.49. The minimum atomic E-state index is -0.633. The molecule has 2 heterocycles. The maximum absolute atomic E-state index is 12.6. The molecular weight excluding hydrogens is 282 g/mol. The lowest BCUT2D eigenvalue weighted by molar-refractivity contribution is 0.100. The van der Waals surface area contributed by atoms with Crippen LogP contribution in [0, 0.1) is 0 Å².